The Morgan fingerprint density at radius 1 is 0.507 bits per heavy atom. The van der Waals surface area contributed by atoms with Crippen LogP contribution in [0.4, 0.5) is 17.1 Å². The minimum Gasteiger partial charge on any atom is -0.504 e. The molecule has 6 aromatic rings. The number of nitrogens with two attached hydrogens (primary N) is 1. The van der Waals surface area contributed by atoms with Crippen molar-refractivity contribution in [2.45, 2.75) is 34.6 Å². The molecule has 0 bridgehead atoms. The average molecular weight is 1070 g/mol. The van der Waals surface area contributed by atoms with Crippen molar-refractivity contribution >= 4 is 120 Å². The number of carboxylic acid groups (broad SMARTS) is 1. The van der Waals surface area contributed by atoms with E-state index in [-0.39, 0.29) is 50.4 Å². The third kappa shape index (κ3) is 17.8. The van der Waals surface area contributed by atoms with E-state index in [9.17, 15) is 59.2 Å². The fourth-order valence-electron chi connectivity index (χ4n) is 4.67. The first-order valence-electron chi connectivity index (χ1n) is 19.5. The number of nitrogen functional groups attached to an aromatic ring is 1. The van der Waals surface area contributed by atoms with E-state index in [0.717, 1.165) is 65.8 Å². The molecule has 0 unspecified atom stereocenters. The summed E-state index contributed by atoms with van der Waals surface area (Å²) in [4.78, 5) is 94.8. The summed E-state index contributed by atoms with van der Waals surface area (Å²) in [5.41, 5.74) is 8.64. The average Bonchev–Trinajstić information content (AvgIpc) is 4.15. The minimum atomic E-state index is -0.831. The van der Waals surface area contributed by atoms with Gasteiger partial charge in [0.15, 0.2) is 11.5 Å². The van der Waals surface area contributed by atoms with Crippen LogP contribution in [0.3, 0.4) is 0 Å². The van der Waals surface area contributed by atoms with Gasteiger partial charge in [-0.1, -0.05) is 0 Å². The van der Waals surface area contributed by atoms with Crippen LogP contribution in [0.2, 0.25) is 0 Å². The number of carbonyl (C=O) groups excluding carboxylic acids is 5. The molecule has 0 atom stereocenters. The van der Waals surface area contributed by atoms with Crippen molar-refractivity contribution in [2.24, 2.45) is 0 Å². The Morgan fingerprint density at radius 3 is 1.12 bits per heavy atom. The number of nitrogens with zero attached hydrogens (tertiary/aromatic N) is 6. The Morgan fingerprint density at radius 2 is 0.841 bits per heavy atom. The van der Waals surface area contributed by atoms with Gasteiger partial charge in [-0.2, -0.15) is 0 Å². The largest absolute Gasteiger partial charge is 0.504 e. The van der Waals surface area contributed by atoms with E-state index in [1.807, 2.05) is 36.7 Å². The maximum atomic E-state index is 11.5. The molecule has 0 spiro atoms. The van der Waals surface area contributed by atoms with Crippen molar-refractivity contribution in [1.82, 2.24) is 19.6 Å². The number of carbonyl (C=O) groups is 6. The number of Topliss-reactive ketones (excluding diaryl/α,β-unsaturated/α-hetero) is 1. The Balaban J connectivity index is 0.000000417. The second-order valence-corrected chi connectivity index (χ2v) is 20.1. The molecule has 374 valence electrons. The molecule has 0 aliphatic rings. The molecule has 0 aromatic carbocycles. The van der Waals surface area contributed by atoms with Gasteiger partial charge >= 0.3 is 11.7 Å². The zero-order valence-corrected chi connectivity index (χ0v) is 44.7. The van der Waals surface area contributed by atoms with Gasteiger partial charge in [0.25, 0.3) is 29.3 Å². The summed E-state index contributed by atoms with van der Waals surface area (Å²) >= 11 is 7.37. The van der Waals surface area contributed by atoms with Gasteiger partial charge in [0.05, 0.1) is 41.6 Å². The van der Waals surface area contributed by atoms with E-state index in [1.54, 1.807) is 84.8 Å². The zero-order chi connectivity index (χ0) is 53.2. The Labute approximate surface area is 422 Å². The first kappa shape index (κ1) is 60.4. The second kappa shape index (κ2) is 28.0. The van der Waals surface area contributed by atoms with Crippen LogP contribution in [0, 0.1) is 47.9 Å². The predicted octanol–water partition coefficient (Wildman–Crippen LogP) is 9.24. The molecule has 69 heavy (non-hydrogen) atoms. The number of ketones is 1. The van der Waals surface area contributed by atoms with Crippen LogP contribution in [0.15, 0.2) is 50.5 Å². The smallest absolute Gasteiger partial charge is 0.346 e. The van der Waals surface area contributed by atoms with Crippen molar-refractivity contribution in [3.05, 3.63) is 122 Å². The molecule has 4 amide bonds. The van der Waals surface area contributed by atoms with Crippen molar-refractivity contribution in [1.29, 1.82) is 0 Å². The SMILES string of the molecule is CC(=O)c1sccc1C.CN(C)C(=O)c1scc(N)c1O.CN(C)C(=O)c1scc([N+](=O)[O-])c1O.Cc1c([N+](=O)[O-])csc1C(=O)N(C)C.Cc1ccsc1C(=O)N(C)C.Cc1ccsc1C(=O)O. The van der Waals surface area contributed by atoms with Gasteiger partial charge in [-0.3, -0.25) is 44.2 Å². The minimum absolute atomic E-state index is 0.0123. The van der Waals surface area contributed by atoms with Crippen molar-refractivity contribution in [3.8, 4) is 11.5 Å². The maximum absolute atomic E-state index is 11.5. The molecule has 0 saturated carbocycles. The lowest BCUT2D eigenvalue weighted by Gasteiger charge is -2.08. The maximum Gasteiger partial charge on any atom is 0.346 e. The van der Waals surface area contributed by atoms with Crippen LogP contribution >= 0.6 is 68.0 Å². The lowest BCUT2D eigenvalue weighted by atomic mass is 10.2. The summed E-state index contributed by atoms with van der Waals surface area (Å²) in [6, 6.07) is 5.72. The molecule has 0 fully saturated rings. The number of aromatic hydroxyl groups is 2. The van der Waals surface area contributed by atoms with Gasteiger partial charge in [0, 0.05) is 61.8 Å². The van der Waals surface area contributed by atoms with E-state index < -0.39 is 33.2 Å². The first-order chi connectivity index (χ1) is 32.0. The summed E-state index contributed by atoms with van der Waals surface area (Å²) in [6.45, 7) is 8.88. The Kier molecular flexibility index (Phi) is 24.6. The van der Waals surface area contributed by atoms with E-state index in [1.165, 1.54) is 68.2 Å². The van der Waals surface area contributed by atoms with E-state index in [4.69, 9.17) is 10.8 Å². The van der Waals surface area contributed by atoms with Crippen LogP contribution in [0.25, 0.3) is 0 Å². The summed E-state index contributed by atoms with van der Waals surface area (Å²) in [5, 5.41) is 57.7. The topological polar surface area (TPSA) is 288 Å². The highest BCUT2D eigenvalue weighted by Gasteiger charge is 2.26. The number of thiophene rings is 6. The van der Waals surface area contributed by atoms with Gasteiger partial charge in [-0.25, -0.2) is 4.79 Å². The molecule has 20 nitrogen and oxygen atoms in total. The number of nitro groups is 2. The van der Waals surface area contributed by atoms with Crippen LogP contribution in [0.1, 0.15) is 87.2 Å². The zero-order valence-electron chi connectivity index (χ0n) is 39.8. The fraction of sp³-hybridized carbons (Fsp3) is 0.302. The number of hydrogen-bond donors (Lipinski definition) is 4. The van der Waals surface area contributed by atoms with Gasteiger partial charge in [-0.05, 0) is 85.6 Å². The van der Waals surface area contributed by atoms with Crippen LogP contribution in [0.5, 0.6) is 11.5 Å². The summed E-state index contributed by atoms with van der Waals surface area (Å²) in [5.74, 6) is -2.10. The molecule has 5 N–H and O–H groups in total. The van der Waals surface area contributed by atoms with Gasteiger partial charge in [0.1, 0.15) is 19.5 Å². The highest BCUT2D eigenvalue weighted by molar-refractivity contribution is 7.14. The third-order valence-electron chi connectivity index (χ3n) is 8.45. The van der Waals surface area contributed by atoms with Crippen molar-refractivity contribution in [2.75, 3.05) is 62.1 Å². The molecule has 6 rings (SSSR count). The van der Waals surface area contributed by atoms with Gasteiger partial charge < -0.3 is 40.7 Å². The number of anilines is 1. The molecule has 0 aliphatic carbocycles. The lowest BCUT2D eigenvalue weighted by Crippen LogP contribution is -2.21. The highest BCUT2D eigenvalue weighted by atomic mass is 32.1. The number of rotatable bonds is 8. The van der Waals surface area contributed by atoms with Gasteiger partial charge in [0.2, 0.25) is 5.75 Å². The molecule has 0 saturated heterocycles. The highest BCUT2D eigenvalue weighted by Crippen LogP contribution is 2.36. The lowest BCUT2D eigenvalue weighted by molar-refractivity contribution is -0.385. The standard InChI is InChI=1S/C8H10N2O3S.C8H11NOS.C7H8N2O4S.C7H10N2O2S.C7H8OS.C6H6O2S/c1-5-6(10(12)13)4-14-7(5)8(11)9(2)3;1-6-4-5-11-7(6)8(10)9(2)3;1-8(2)7(11)6-5(10)4(3-14-6)9(12)13;1-9(2)7(11)6-5(10)4(8)3-12-6;1-5-3-4-9-7(5)6(2)8;1-4-2-3-9-5(4)6(7)8/h4H,1-3H3;4-5H,1-3H3;3,10H,1-2H3;3,10H,8H2,1-2H3;3-4H,1-2H3;2-3H,1H3,(H,7,8). The normalized spacial score (nSPS) is 9.75. The van der Waals surface area contributed by atoms with Crippen LogP contribution in [-0.4, -0.2) is 137 Å². The van der Waals surface area contributed by atoms with Crippen LogP contribution < -0.4 is 5.73 Å². The molecular weight excluding hydrogens is 1010 g/mol. The third-order valence-corrected chi connectivity index (χ3v) is 14.6. The van der Waals surface area contributed by atoms with Crippen molar-refractivity contribution < 1.29 is 53.9 Å². The number of carboxylic acids is 1. The molecule has 6 heterocycles. The Bertz CT molecular complexity index is 2620. The fourth-order valence-corrected chi connectivity index (χ4v) is 10.1. The quantitative estimate of drug-likeness (QED) is 0.0628. The monoisotopic (exact) mass is 1070 g/mol. The van der Waals surface area contributed by atoms with E-state index in [2.05, 4.69) is 0 Å². The summed E-state index contributed by atoms with van der Waals surface area (Å²) in [6.07, 6.45) is 0. The van der Waals surface area contributed by atoms with Gasteiger partial charge in [-0.15, -0.1) is 68.0 Å². The first-order valence-corrected chi connectivity index (χ1v) is 24.7. The number of hydrogen-bond acceptors (Lipinski definition) is 19. The molecule has 26 heteroatoms. The number of aryl methyl sites for hydroxylation is 3. The van der Waals surface area contributed by atoms with Crippen LogP contribution in [-0.2, 0) is 0 Å². The summed E-state index contributed by atoms with van der Waals surface area (Å²) < 4.78 is 0. The Hall–Kier alpha value is -6.58. The number of amides is 4. The predicted molar refractivity (Wildman–Crippen MR) is 275 cm³/mol. The van der Waals surface area contributed by atoms with E-state index in [0.29, 0.717) is 15.3 Å². The second-order valence-electron chi connectivity index (χ2n) is 14.7. The molecule has 0 aliphatic heterocycles. The van der Waals surface area contributed by atoms with Crippen molar-refractivity contribution in [3.63, 3.8) is 0 Å². The molecule has 0 radical (unpaired) electrons. The van der Waals surface area contributed by atoms with E-state index >= 15 is 0 Å². The number of aromatic carboxylic acids is 1. The molecular formula is C43H53N7O13S6. The summed E-state index contributed by atoms with van der Waals surface area (Å²) in [7, 11) is 13.0. The molecule has 6 aromatic heterocycles.